The van der Waals surface area contributed by atoms with Gasteiger partial charge in [0, 0.05) is 0 Å². The summed E-state index contributed by atoms with van der Waals surface area (Å²) in [5.74, 6) is 0.709. The minimum atomic E-state index is -1.45. The van der Waals surface area contributed by atoms with Crippen LogP contribution in [0.25, 0.3) is 0 Å². The van der Waals surface area contributed by atoms with Crippen LogP contribution in [-0.2, 0) is 17.6 Å². The molecule has 0 fully saturated rings. The summed E-state index contributed by atoms with van der Waals surface area (Å²) < 4.78 is 16.6. The van der Waals surface area contributed by atoms with Crippen molar-refractivity contribution in [3.8, 4) is 5.75 Å². The van der Waals surface area contributed by atoms with E-state index >= 15 is 0 Å². The minimum Gasteiger partial charge on any atom is -0.489 e. The summed E-state index contributed by atoms with van der Waals surface area (Å²) in [7, 11) is 4.15. The average molecular weight is 257 g/mol. The van der Waals surface area contributed by atoms with Gasteiger partial charge in [-0.2, -0.15) is 0 Å². The SMILES string of the molecule is [B]c1ccc(COc2ccc(S(N)=O)cc2)cc1. The molecule has 2 rings (SSSR count). The zero-order valence-electron chi connectivity index (χ0n) is 9.71. The lowest BCUT2D eigenvalue weighted by molar-refractivity contribution is 0.306. The van der Waals surface area contributed by atoms with Crippen molar-refractivity contribution in [3.05, 3.63) is 54.1 Å². The molecule has 0 aliphatic rings. The van der Waals surface area contributed by atoms with E-state index in [-0.39, 0.29) is 0 Å². The Balaban J connectivity index is 1.97. The topological polar surface area (TPSA) is 52.3 Å². The van der Waals surface area contributed by atoms with Gasteiger partial charge in [-0.25, -0.2) is 9.35 Å². The first-order valence-electron chi connectivity index (χ1n) is 5.38. The summed E-state index contributed by atoms with van der Waals surface area (Å²) in [6.07, 6.45) is 0. The molecule has 90 valence electrons. The highest BCUT2D eigenvalue weighted by Crippen LogP contribution is 2.15. The van der Waals surface area contributed by atoms with Crippen LogP contribution >= 0.6 is 0 Å². The highest BCUT2D eigenvalue weighted by molar-refractivity contribution is 7.82. The summed E-state index contributed by atoms with van der Waals surface area (Å²) in [6, 6.07) is 14.4. The molecule has 2 radical (unpaired) electrons. The van der Waals surface area contributed by atoms with Crippen LogP contribution in [0.1, 0.15) is 5.56 Å². The summed E-state index contributed by atoms with van der Waals surface area (Å²) >= 11 is 0. The van der Waals surface area contributed by atoms with Gasteiger partial charge < -0.3 is 4.74 Å². The molecule has 18 heavy (non-hydrogen) atoms. The Labute approximate surface area is 110 Å². The maximum absolute atomic E-state index is 11.0. The molecule has 0 saturated carbocycles. The predicted octanol–water partition coefficient (Wildman–Crippen LogP) is 1.04. The lowest BCUT2D eigenvalue weighted by Crippen LogP contribution is -2.03. The second-order valence-electron chi connectivity index (χ2n) is 3.80. The first-order chi connectivity index (χ1) is 8.65. The van der Waals surface area contributed by atoms with E-state index in [0.29, 0.717) is 17.3 Å². The Kier molecular flexibility index (Phi) is 4.17. The van der Waals surface area contributed by atoms with Gasteiger partial charge in [-0.05, 0) is 29.8 Å². The van der Waals surface area contributed by atoms with E-state index in [2.05, 4.69) is 0 Å². The van der Waals surface area contributed by atoms with Crippen molar-refractivity contribution < 1.29 is 8.95 Å². The number of ether oxygens (including phenoxy) is 1. The third-order valence-electron chi connectivity index (χ3n) is 2.44. The Morgan fingerprint density at radius 1 is 1.06 bits per heavy atom. The van der Waals surface area contributed by atoms with Crippen LogP contribution in [0.2, 0.25) is 0 Å². The Bertz CT molecular complexity index is 540. The van der Waals surface area contributed by atoms with Gasteiger partial charge in [-0.3, -0.25) is 0 Å². The van der Waals surface area contributed by atoms with Crippen LogP contribution in [0.5, 0.6) is 5.75 Å². The van der Waals surface area contributed by atoms with Crippen molar-refractivity contribution in [2.24, 2.45) is 5.14 Å². The number of nitrogens with two attached hydrogens (primary N) is 1. The summed E-state index contributed by atoms with van der Waals surface area (Å²) in [4.78, 5) is 0.579. The summed E-state index contributed by atoms with van der Waals surface area (Å²) in [5.41, 5.74) is 1.77. The van der Waals surface area contributed by atoms with Crippen LogP contribution in [0.3, 0.4) is 0 Å². The first kappa shape index (κ1) is 12.9. The Morgan fingerprint density at radius 2 is 1.67 bits per heavy atom. The van der Waals surface area contributed by atoms with Gasteiger partial charge in [0.05, 0.1) is 4.90 Å². The van der Waals surface area contributed by atoms with Gasteiger partial charge in [0.2, 0.25) is 0 Å². The van der Waals surface area contributed by atoms with E-state index in [4.69, 9.17) is 17.7 Å². The lowest BCUT2D eigenvalue weighted by atomic mass is 9.95. The van der Waals surface area contributed by atoms with E-state index in [0.717, 1.165) is 11.0 Å². The molecule has 0 bridgehead atoms. The van der Waals surface area contributed by atoms with Crippen molar-refractivity contribution in [1.29, 1.82) is 0 Å². The molecule has 1 unspecified atom stereocenters. The molecular formula is C13H12BNO2S. The van der Waals surface area contributed by atoms with Crippen molar-refractivity contribution >= 4 is 24.3 Å². The van der Waals surface area contributed by atoms with Crippen molar-refractivity contribution in [3.63, 3.8) is 0 Å². The predicted molar refractivity (Wildman–Crippen MR) is 73.2 cm³/mol. The van der Waals surface area contributed by atoms with E-state index in [1.165, 1.54) is 0 Å². The fraction of sp³-hybridized carbons (Fsp3) is 0.0769. The molecule has 3 nitrogen and oxygen atoms in total. The number of hydrogen-bond donors (Lipinski definition) is 1. The highest BCUT2D eigenvalue weighted by Gasteiger charge is 1.99. The van der Waals surface area contributed by atoms with E-state index < -0.39 is 11.0 Å². The van der Waals surface area contributed by atoms with Crippen LogP contribution in [0.4, 0.5) is 0 Å². The molecule has 0 heterocycles. The second-order valence-corrected chi connectivity index (χ2v) is 4.87. The highest BCUT2D eigenvalue weighted by atomic mass is 32.2. The number of benzene rings is 2. The third-order valence-corrected chi connectivity index (χ3v) is 3.18. The third kappa shape index (κ3) is 3.45. The normalized spacial score (nSPS) is 12.1. The zero-order valence-corrected chi connectivity index (χ0v) is 10.5. The standard InChI is InChI=1S/C13H12BNO2S/c14-11-3-1-10(2-4-11)9-17-12-5-7-13(8-6-12)18(15)16/h1-8H,9,15H2. The van der Waals surface area contributed by atoms with Gasteiger partial charge in [0.1, 0.15) is 31.2 Å². The molecule has 5 heteroatoms. The van der Waals surface area contributed by atoms with E-state index in [1.54, 1.807) is 24.3 Å². The molecule has 2 aromatic rings. The van der Waals surface area contributed by atoms with Gasteiger partial charge >= 0.3 is 0 Å². The maximum Gasteiger partial charge on any atom is 0.122 e. The van der Waals surface area contributed by atoms with Crippen LogP contribution < -0.4 is 15.3 Å². The monoisotopic (exact) mass is 257 g/mol. The van der Waals surface area contributed by atoms with Crippen molar-refractivity contribution in [2.75, 3.05) is 0 Å². The molecule has 0 aromatic heterocycles. The fourth-order valence-corrected chi connectivity index (χ4v) is 1.85. The maximum atomic E-state index is 11.0. The van der Waals surface area contributed by atoms with Crippen molar-refractivity contribution in [2.45, 2.75) is 11.5 Å². The smallest absolute Gasteiger partial charge is 0.122 e. The number of hydrogen-bond acceptors (Lipinski definition) is 2. The van der Waals surface area contributed by atoms with Crippen LogP contribution in [0, 0.1) is 0 Å². The molecule has 0 amide bonds. The lowest BCUT2D eigenvalue weighted by Gasteiger charge is -2.07. The molecule has 0 saturated heterocycles. The molecule has 1 atom stereocenters. The van der Waals surface area contributed by atoms with Gasteiger partial charge in [-0.1, -0.05) is 29.7 Å². The largest absolute Gasteiger partial charge is 0.489 e. The molecule has 2 N–H and O–H groups in total. The summed E-state index contributed by atoms with van der Waals surface area (Å²) in [5, 5.41) is 5.26. The Morgan fingerprint density at radius 3 is 2.22 bits per heavy atom. The average Bonchev–Trinajstić information content (AvgIpc) is 2.38. The molecule has 0 aliphatic carbocycles. The zero-order chi connectivity index (χ0) is 13.0. The van der Waals surface area contributed by atoms with E-state index in [9.17, 15) is 4.21 Å². The second kappa shape index (κ2) is 5.84. The van der Waals surface area contributed by atoms with Gasteiger partial charge in [-0.15, -0.1) is 0 Å². The quantitative estimate of drug-likeness (QED) is 0.832. The van der Waals surface area contributed by atoms with E-state index in [1.807, 2.05) is 24.3 Å². The van der Waals surface area contributed by atoms with Gasteiger partial charge in [0.25, 0.3) is 0 Å². The molecule has 2 aromatic carbocycles. The molecule has 0 spiro atoms. The van der Waals surface area contributed by atoms with Crippen LogP contribution in [-0.4, -0.2) is 12.1 Å². The van der Waals surface area contributed by atoms with Gasteiger partial charge in [0.15, 0.2) is 0 Å². The minimum absolute atomic E-state index is 0.464. The Hall–Kier alpha value is -1.59. The fourth-order valence-electron chi connectivity index (χ4n) is 1.45. The van der Waals surface area contributed by atoms with Crippen molar-refractivity contribution in [1.82, 2.24) is 0 Å². The summed E-state index contributed by atoms with van der Waals surface area (Å²) in [6.45, 7) is 0.464. The first-order valence-corrected chi connectivity index (χ1v) is 6.60. The molecule has 0 aliphatic heterocycles. The van der Waals surface area contributed by atoms with Crippen LogP contribution in [0.15, 0.2) is 53.4 Å². The molecular weight excluding hydrogens is 245 g/mol. The number of rotatable bonds is 4.